The van der Waals surface area contributed by atoms with Gasteiger partial charge in [0, 0.05) is 24.9 Å². The summed E-state index contributed by atoms with van der Waals surface area (Å²) in [5.74, 6) is 0. The molecule has 14 heavy (non-hydrogen) atoms. The Balaban J connectivity index is 3.54. The highest BCUT2D eigenvalue weighted by Crippen LogP contribution is 2.02. The fourth-order valence-electron chi connectivity index (χ4n) is 0.886. The molecule has 0 aromatic rings. The zero-order valence-corrected chi connectivity index (χ0v) is 10.9. The summed E-state index contributed by atoms with van der Waals surface area (Å²) in [6.07, 6.45) is 2.09. The molecule has 0 fully saturated rings. The van der Waals surface area contributed by atoms with Crippen molar-refractivity contribution < 1.29 is 4.74 Å². The Morgan fingerprint density at radius 2 is 2.14 bits per heavy atom. The van der Waals surface area contributed by atoms with Crippen molar-refractivity contribution in [3.05, 3.63) is 0 Å². The number of thiocarbonyl (C=S) groups is 1. The zero-order chi connectivity index (χ0) is 11.0. The number of hydrogen-bond acceptors (Lipinski definition) is 3. The molecule has 0 spiro atoms. The molecule has 0 radical (unpaired) electrons. The van der Waals surface area contributed by atoms with E-state index in [1.165, 1.54) is 0 Å². The van der Waals surface area contributed by atoms with Crippen LogP contribution in [0.4, 0.5) is 0 Å². The third-order valence-electron chi connectivity index (χ3n) is 1.75. The minimum absolute atomic E-state index is 0.254. The molecule has 5 heteroatoms. The Morgan fingerprint density at radius 3 is 2.64 bits per heavy atom. The van der Waals surface area contributed by atoms with E-state index in [0.29, 0.717) is 17.0 Å². The highest BCUT2D eigenvalue weighted by molar-refractivity contribution is 7.99. The monoisotopic (exact) mass is 236 g/mol. The van der Waals surface area contributed by atoms with Crippen LogP contribution in [-0.2, 0) is 4.74 Å². The second-order valence-corrected chi connectivity index (χ2v) is 4.94. The van der Waals surface area contributed by atoms with Crippen LogP contribution in [-0.4, -0.2) is 42.9 Å². The third-order valence-corrected chi connectivity index (χ3v) is 2.98. The van der Waals surface area contributed by atoms with Gasteiger partial charge in [0.15, 0.2) is 5.11 Å². The number of rotatable bonds is 6. The van der Waals surface area contributed by atoms with Gasteiger partial charge in [-0.1, -0.05) is 6.92 Å². The lowest BCUT2D eigenvalue weighted by atomic mass is 10.4. The van der Waals surface area contributed by atoms with Crippen molar-refractivity contribution in [3.63, 3.8) is 0 Å². The highest BCUT2D eigenvalue weighted by Gasteiger charge is 2.04. The third kappa shape index (κ3) is 7.41. The van der Waals surface area contributed by atoms with E-state index in [1.807, 2.05) is 18.7 Å². The van der Waals surface area contributed by atoms with Crippen LogP contribution in [0.5, 0.6) is 0 Å². The average Bonchev–Trinajstić information content (AvgIpc) is 2.14. The van der Waals surface area contributed by atoms with Gasteiger partial charge < -0.3 is 15.4 Å². The molecule has 84 valence electrons. The maximum Gasteiger partial charge on any atom is 0.166 e. The Morgan fingerprint density at radius 1 is 1.50 bits per heavy atom. The minimum atomic E-state index is 0.254. The predicted molar refractivity (Wildman–Crippen MR) is 68.1 cm³/mol. The largest absolute Gasteiger partial charge is 0.383 e. The lowest BCUT2D eigenvalue weighted by molar-refractivity contribution is 0.179. The van der Waals surface area contributed by atoms with Gasteiger partial charge in [-0.15, -0.1) is 0 Å². The van der Waals surface area contributed by atoms with Gasteiger partial charge in [-0.2, -0.15) is 11.8 Å². The molecule has 3 nitrogen and oxygen atoms in total. The fourth-order valence-corrected chi connectivity index (χ4v) is 1.42. The normalized spacial score (nSPS) is 14.6. The molecule has 0 aliphatic carbocycles. The molecule has 0 rings (SSSR count). The van der Waals surface area contributed by atoms with E-state index in [9.17, 15) is 0 Å². The van der Waals surface area contributed by atoms with Crippen molar-refractivity contribution >= 4 is 29.1 Å². The Bertz CT molecular complexity index is 167. The average molecular weight is 236 g/mol. The molecule has 2 unspecified atom stereocenters. The lowest BCUT2D eigenvalue weighted by Gasteiger charge is -2.17. The number of ether oxygens (including phenoxy) is 1. The molecule has 0 saturated carbocycles. The van der Waals surface area contributed by atoms with Gasteiger partial charge in [0.1, 0.15) is 0 Å². The van der Waals surface area contributed by atoms with Crippen molar-refractivity contribution in [2.75, 3.05) is 26.5 Å². The van der Waals surface area contributed by atoms with Gasteiger partial charge in [-0.3, -0.25) is 0 Å². The summed E-state index contributed by atoms with van der Waals surface area (Å²) in [6, 6.07) is 0.254. The fraction of sp³-hybridized carbons (Fsp3) is 0.889. The summed E-state index contributed by atoms with van der Waals surface area (Å²) in [4.78, 5) is 0. The van der Waals surface area contributed by atoms with Gasteiger partial charge in [-0.05, 0) is 25.4 Å². The first-order valence-corrected chi connectivity index (χ1v) is 6.35. The molecule has 0 saturated heterocycles. The molecule has 2 atom stereocenters. The van der Waals surface area contributed by atoms with Crippen LogP contribution in [0.3, 0.4) is 0 Å². The van der Waals surface area contributed by atoms with Gasteiger partial charge in [-0.25, -0.2) is 0 Å². The topological polar surface area (TPSA) is 33.3 Å². The van der Waals surface area contributed by atoms with E-state index >= 15 is 0 Å². The van der Waals surface area contributed by atoms with Crippen molar-refractivity contribution in [2.45, 2.75) is 25.1 Å². The van der Waals surface area contributed by atoms with Crippen molar-refractivity contribution in [1.82, 2.24) is 10.6 Å². The van der Waals surface area contributed by atoms with Gasteiger partial charge in [0.05, 0.1) is 6.61 Å². The van der Waals surface area contributed by atoms with Crippen LogP contribution in [0.1, 0.15) is 13.8 Å². The lowest BCUT2D eigenvalue weighted by Crippen LogP contribution is -2.44. The SMILES string of the molecule is COCC(C)NC(=S)NCC(C)SC. The maximum atomic E-state index is 5.12. The minimum Gasteiger partial charge on any atom is -0.383 e. The first-order valence-electron chi connectivity index (χ1n) is 4.66. The molecule has 0 aliphatic heterocycles. The quantitative estimate of drug-likeness (QED) is 0.678. The van der Waals surface area contributed by atoms with Crippen LogP contribution in [0, 0.1) is 0 Å². The molecule has 0 heterocycles. The van der Waals surface area contributed by atoms with Gasteiger partial charge >= 0.3 is 0 Å². The van der Waals surface area contributed by atoms with Crippen molar-refractivity contribution in [3.8, 4) is 0 Å². The zero-order valence-electron chi connectivity index (χ0n) is 9.29. The standard InChI is InChI=1S/C9H20N2OS2/c1-7(6-12-3)11-9(13)10-5-8(2)14-4/h7-8H,5-6H2,1-4H3,(H2,10,11,13). The van der Waals surface area contributed by atoms with Crippen molar-refractivity contribution in [2.24, 2.45) is 0 Å². The summed E-state index contributed by atoms with van der Waals surface area (Å²) in [5.41, 5.74) is 0. The van der Waals surface area contributed by atoms with Crippen LogP contribution in [0.2, 0.25) is 0 Å². The molecule has 2 N–H and O–H groups in total. The molecule has 0 aromatic carbocycles. The second kappa shape index (κ2) is 8.32. The van der Waals surface area contributed by atoms with Gasteiger partial charge in [0.2, 0.25) is 0 Å². The Kier molecular flexibility index (Phi) is 8.32. The van der Waals surface area contributed by atoms with E-state index in [-0.39, 0.29) is 6.04 Å². The number of thioether (sulfide) groups is 1. The Labute approximate surface area is 96.4 Å². The second-order valence-electron chi connectivity index (χ2n) is 3.26. The van der Waals surface area contributed by atoms with E-state index in [1.54, 1.807) is 7.11 Å². The smallest absolute Gasteiger partial charge is 0.166 e. The summed E-state index contributed by atoms with van der Waals surface area (Å²) in [6.45, 7) is 5.76. The molecule has 0 aromatic heterocycles. The first kappa shape index (κ1) is 14.0. The van der Waals surface area contributed by atoms with Crippen LogP contribution in [0.15, 0.2) is 0 Å². The maximum absolute atomic E-state index is 5.12. The predicted octanol–water partition coefficient (Wildman–Crippen LogP) is 1.24. The van der Waals surface area contributed by atoms with Crippen molar-refractivity contribution in [1.29, 1.82) is 0 Å². The van der Waals surface area contributed by atoms with Gasteiger partial charge in [0.25, 0.3) is 0 Å². The summed E-state index contributed by atoms with van der Waals surface area (Å²) in [7, 11) is 1.68. The summed E-state index contributed by atoms with van der Waals surface area (Å²) < 4.78 is 5.00. The van der Waals surface area contributed by atoms with Crippen LogP contribution < -0.4 is 10.6 Å². The van der Waals surface area contributed by atoms with E-state index in [4.69, 9.17) is 17.0 Å². The molecular weight excluding hydrogens is 216 g/mol. The summed E-state index contributed by atoms with van der Waals surface area (Å²) >= 11 is 6.95. The van der Waals surface area contributed by atoms with E-state index in [2.05, 4.69) is 23.8 Å². The Hall–Kier alpha value is 0. The number of hydrogen-bond donors (Lipinski definition) is 2. The highest BCUT2D eigenvalue weighted by atomic mass is 32.2. The van der Waals surface area contributed by atoms with E-state index in [0.717, 1.165) is 6.54 Å². The molecule has 0 amide bonds. The number of nitrogens with one attached hydrogen (secondary N) is 2. The van der Waals surface area contributed by atoms with Crippen LogP contribution >= 0.6 is 24.0 Å². The first-order chi connectivity index (χ1) is 6.60. The molecule has 0 aliphatic rings. The molecular formula is C9H20N2OS2. The molecule has 0 bridgehead atoms. The summed E-state index contributed by atoms with van der Waals surface area (Å²) in [5, 5.41) is 7.59. The van der Waals surface area contributed by atoms with E-state index < -0.39 is 0 Å². The number of methoxy groups -OCH3 is 1. The van der Waals surface area contributed by atoms with Crippen LogP contribution in [0.25, 0.3) is 0 Å².